The molecule has 0 bridgehead atoms. The number of hydrogen-bond acceptors (Lipinski definition) is 5. The van der Waals surface area contributed by atoms with Crippen molar-refractivity contribution in [1.29, 1.82) is 0 Å². The topological polar surface area (TPSA) is 74.8 Å². The Hall–Kier alpha value is -2.12. The minimum absolute atomic E-state index is 0.0105. The predicted octanol–water partition coefficient (Wildman–Crippen LogP) is 4.41. The van der Waals surface area contributed by atoms with Gasteiger partial charge >= 0.3 is 0 Å². The summed E-state index contributed by atoms with van der Waals surface area (Å²) in [7, 11) is 0. The van der Waals surface area contributed by atoms with Crippen molar-refractivity contribution in [3.8, 4) is 0 Å². The average Bonchev–Trinajstić information content (AvgIpc) is 2.95. The third-order valence-electron chi connectivity index (χ3n) is 4.78. The second kappa shape index (κ2) is 8.92. The van der Waals surface area contributed by atoms with E-state index in [0.717, 1.165) is 27.3 Å². The molecular weight excluding hydrogens is 390 g/mol. The summed E-state index contributed by atoms with van der Waals surface area (Å²) in [6.07, 6.45) is 0.835. The lowest BCUT2D eigenvalue weighted by molar-refractivity contribution is -0.119. The monoisotopic (exact) mass is 415 g/mol. The number of amides is 1. The van der Waals surface area contributed by atoms with Crippen molar-refractivity contribution in [3.63, 3.8) is 0 Å². The summed E-state index contributed by atoms with van der Waals surface area (Å²) >= 11 is 2.99. The summed E-state index contributed by atoms with van der Waals surface area (Å²) in [5.41, 5.74) is 3.22. The first-order valence-corrected chi connectivity index (χ1v) is 11.3. The van der Waals surface area contributed by atoms with Gasteiger partial charge in [-0.3, -0.25) is 9.59 Å². The van der Waals surface area contributed by atoms with E-state index in [2.05, 4.69) is 53.4 Å². The van der Waals surface area contributed by atoms with Gasteiger partial charge in [-0.15, -0.1) is 23.1 Å². The quantitative estimate of drug-likeness (QED) is 0.599. The maximum atomic E-state index is 12.3. The number of nitrogens with zero attached hydrogens (tertiary/aromatic N) is 1. The molecule has 7 heteroatoms. The van der Waals surface area contributed by atoms with E-state index in [1.54, 1.807) is 0 Å². The first-order valence-electron chi connectivity index (χ1n) is 9.31. The Balaban J connectivity index is 1.58. The van der Waals surface area contributed by atoms with Crippen molar-refractivity contribution in [3.05, 3.63) is 62.0 Å². The fourth-order valence-electron chi connectivity index (χ4n) is 3.06. The number of fused-ring (bicyclic) bond motifs is 1. The van der Waals surface area contributed by atoms with Gasteiger partial charge in [-0.1, -0.05) is 36.8 Å². The number of carbonyl (C=O) groups is 1. The number of benzene rings is 1. The van der Waals surface area contributed by atoms with Crippen LogP contribution in [0.15, 0.2) is 29.1 Å². The number of H-pyrrole nitrogens is 1. The summed E-state index contributed by atoms with van der Waals surface area (Å²) in [5.74, 6) is 1.42. The van der Waals surface area contributed by atoms with Crippen molar-refractivity contribution in [2.75, 3.05) is 5.75 Å². The Kier molecular flexibility index (Phi) is 6.57. The zero-order valence-electron chi connectivity index (χ0n) is 16.6. The number of thiophene rings is 1. The molecule has 0 aliphatic carbocycles. The number of thioether (sulfide) groups is 1. The number of carbonyl (C=O) groups excluding carboxylic acids is 1. The molecule has 28 heavy (non-hydrogen) atoms. The zero-order chi connectivity index (χ0) is 20.3. The van der Waals surface area contributed by atoms with Crippen LogP contribution >= 0.6 is 23.1 Å². The first kappa shape index (κ1) is 20.6. The van der Waals surface area contributed by atoms with Crippen molar-refractivity contribution in [1.82, 2.24) is 15.3 Å². The maximum Gasteiger partial charge on any atom is 0.259 e. The highest BCUT2D eigenvalue weighted by atomic mass is 32.2. The molecule has 0 saturated carbocycles. The van der Waals surface area contributed by atoms with Gasteiger partial charge in [0.2, 0.25) is 5.91 Å². The number of rotatable bonds is 7. The van der Waals surface area contributed by atoms with Crippen LogP contribution in [0.5, 0.6) is 0 Å². The van der Waals surface area contributed by atoms with Gasteiger partial charge in [0.05, 0.1) is 22.9 Å². The minimum atomic E-state index is -0.0997. The first-order chi connectivity index (χ1) is 13.4. The highest BCUT2D eigenvalue weighted by Gasteiger charge is 2.14. The number of hydrogen-bond donors (Lipinski definition) is 2. The van der Waals surface area contributed by atoms with Crippen LogP contribution in [-0.4, -0.2) is 21.6 Å². The van der Waals surface area contributed by atoms with Gasteiger partial charge in [0.25, 0.3) is 5.56 Å². The van der Waals surface area contributed by atoms with E-state index in [9.17, 15) is 9.59 Å². The fraction of sp³-hybridized carbons (Fsp3) is 0.381. The van der Waals surface area contributed by atoms with E-state index in [4.69, 9.17) is 0 Å². The SMILES string of the molecule is CC[C@H](NC(=O)CSCc1nc2sc(C)c(C)c2c(=O)[nH]1)c1ccc(C)cc1. The summed E-state index contributed by atoms with van der Waals surface area (Å²) < 4.78 is 0. The largest absolute Gasteiger partial charge is 0.349 e. The molecule has 0 fully saturated rings. The van der Waals surface area contributed by atoms with E-state index in [-0.39, 0.29) is 17.5 Å². The second-order valence-corrected chi connectivity index (χ2v) is 9.10. The molecule has 0 aliphatic heterocycles. The molecular formula is C21H25N3O2S2. The van der Waals surface area contributed by atoms with E-state index in [1.807, 2.05) is 13.8 Å². The summed E-state index contributed by atoms with van der Waals surface area (Å²) in [5, 5.41) is 3.77. The molecule has 2 aromatic heterocycles. The van der Waals surface area contributed by atoms with Crippen molar-refractivity contribution < 1.29 is 4.79 Å². The molecule has 1 aromatic carbocycles. The van der Waals surface area contributed by atoms with Crippen LogP contribution in [-0.2, 0) is 10.5 Å². The molecule has 1 amide bonds. The van der Waals surface area contributed by atoms with Gasteiger partial charge in [0.15, 0.2) is 0 Å². The molecule has 1 atom stereocenters. The molecule has 0 spiro atoms. The van der Waals surface area contributed by atoms with Gasteiger partial charge in [-0.05, 0) is 38.3 Å². The Bertz CT molecular complexity index is 1040. The summed E-state index contributed by atoms with van der Waals surface area (Å²) in [6.45, 7) is 8.06. The number of aromatic amines is 1. The van der Waals surface area contributed by atoms with E-state index in [1.165, 1.54) is 28.7 Å². The maximum absolute atomic E-state index is 12.3. The lowest BCUT2D eigenvalue weighted by atomic mass is 10.0. The molecule has 148 valence electrons. The lowest BCUT2D eigenvalue weighted by Gasteiger charge is -2.17. The van der Waals surface area contributed by atoms with Crippen LogP contribution in [0.4, 0.5) is 0 Å². The normalized spacial score (nSPS) is 12.3. The Morgan fingerprint density at radius 1 is 1.25 bits per heavy atom. The Labute approximate surface area is 173 Å². The molecule has 2 N–H and O–H groups in total. The number of aromatic nitrogens is 2. The van der Waals surface area contributed by atoms with Crippen molar-refractivity contribution in [2.24, 2.45) is 0 Å². The molecule has 0 unspecified atom stereocenters. The van der Waals surface area contributed by atoms with Gasteiger partial charge in [-0.2, -0.15) is 0 Å². The lowest BCUT2D eigenvalue weighted by Crippen LogP contribution is -2.29. The van der Waals surface area contributed by atoms with E-state index >= 15 is 0 Å². The molecule has 0 saturated heterocycles. The van der Waals surface area contributed by atoms with Crippen LogP contribution in [0, 0.1) is 20.8 Å². The van der Waals surface area contributed by atoms with Crippen LogP contribution in [0.25, 0.3) is 10.2 Å². The number of aryl methyl sites for hydroxylation is 3. The smallest absolute Gasteiger partial charge is 0.259 e. The average molecular weight is 416 g/mol. The molecule has 2 heterocycles. The van der Waals surface area contributed by atoms with E-state index in [0.29, 0.717) is 22.7 Å². The Morgan fingerprint density at radius 2 is 1.96 bits per heavy atom. The summed E-state index contributed by atoms with van der Waals surface area (Å²) in [4.78, 5) is 34.0. The van der Waals surface area contributed by atoms with Gasteiger partial charge < -0.3 is 10.3 Å². The second-order valence-electron chi connectivity index (χ2n) is 6.91. The molecule has 3 aromatic rings. The molecule has 0 aliphatic rings. The zero-order valence-corrected chi connectivity index (χ0v) is 18.2. The standard InChI is InChI=1S/C21H25N3O2S2/c1-5-16(15-8-6-12(2)7-9-15)22-18(25)11-27-10-17-23-20(26)19-13(3)14(4)28-21(19)24-17/h6-9,16H,5,10-11H2,1-4H3,(H,22,25)(H,23,24,26)/t16-/m0/s1. The van der Waals surface area contributed by atoms with Crippen LogP contribution in [0.2, 0.25) is 0 Å². The molecule has 3 rings (SSSR count). The molecule has 5 nitrogen and oxygen atoms in total. The van der Waals surface area contributed by atoms with Gasteiger partial charge in [-0.25, -0.2) is 4.98 Å². The third kappa shape index (κ3) is 4.64. The van der Waals surface area contributed by atoms with Gasteiger partial charge in [0, 0.05) is 4.88 Å². The minimum Gasteiger partial charge on any atom is -0.349 e. The highest BCUT2D eigenvalue weighted by Crippen LogP contribution is 2.26. The third-order valence-corrected chi connectivity index (χ3v) is 6.83. The fourth-order valence-corrected chi connectivity index (χ4v) is 4.81. The Morgan fingerprint density at radius 3 is 2.64 bits per heavy atom. The highest BCUT2D eigenvalue weighted by molar-refractivity contribution is 7.99. The van der Waals surface area contributed by atoms with Crippen LogP contribution in [0.3, 0.4) is 0 Å². The van der Waals surface area contributed by atoms with Crippen molar-refractivity contribution >= 4 is 39.2 Å². The summed E-state index contributed by atoms with van der Waals surface area (Å²) in [6, 6.07) is 8.26. The predicted molar refractivity (Wildman–Crippen MR) is 118 cm³/mol. The number of nitrogens with one attached hydrogen (secondary N) is 2. The van der Waals surface area contributed by atoms with Gasteiger partial charge in [0.1, 0.15) is 10.7 Å². The van der Waals surface area contributed by atoms with E-state index < -0.39 is 0 Å². The van der Waals surface area contributed by atoms with Crippen molar-refractivity contribution in [2.45, 2.75) is 45.9 Å². The van der Waals surface area contributed by atoms with Crippen LogP contribution < -0.4 is 10.9 Å². The van der Waals surface area contributed by atoms with Crippen LogP contribution in [0.1, 0.15) is 46.8 Å². The molecule has 0 radical (unpaired) electrons.